The summed E-state index contributed by atoms with van der Waals surface area (Å²) in [6, 6.07) is 77.3. The number of hydrogen-bond donors (Lipinski definition) is 0. The van der Waals surface area contributed by atoms with Crippen molar-refractivity contribution in [3.8, 4) is 44.5 Å². The maximum Gasteiger partial charge on any atom is 0.143 e. The van der Waals surface area contributed by atoms with E-state index < -0.39 is 0 Å². The highest BCUT2D eigenvalue weighted by Crippen LogP contribution is 2.52. The van der Waals surface area contributed by atoms with Gasteiger partial charge in [-0.25, -0.2) is 0 Å². The molecule has 0 saturated heterocycles. The predicted octanol–water partition coefficient (Wildman–Crippen LogP) is 16.7. The summed E-state index contributed by atoms with van der Waals surface area (Å²) in [6.07, 6.45) is 0. The second-order valence-corrected chi connectivity index (χ2v) is 16.9. The molecule has 0 bridgehead atoms. The third kappa shape index (κ3) is 5.56. The Morgan fingerprint density at radius 2 is 0.836 bits per heavy atom. The molecule has 0 atom stereocenters. The molecular formula is C59H41NO. The minimum Gasteiger partial charge on any atom is -0.455 e. The molecule has 1 aromatic heterocycles. The van der Waals surface area contributed by atoms with Crippen LogP contribution in [-0.2, 0) is 5.41 Å². The molecule has 12 rings (SSSR count). The van der Waals surface area contributed by atoms with Crippen molar-refractivity contribution in [2.75, 3.05) is 4.90 Å². The van der Waals surface area contributed by atoms with E-state index in [0.29, 0.717) is 0 Å². The van der Waals surface area contributed by atoms with Gasteiger partial charge >= 0.3 is 0 Å². The number of benzene rings is 10. The van der Waals surface area contributed by atoms with E-state index in [1.54, 1.807) is 0 Å². The van der Waals surface area contributed by atoms with Gasteiger partial charge in [-0.2, -0.15) is 0 Å². The summed E-state index contributed by atoms with van der Waals surface area (Å²) in [5, 5.41) is 6.98. The highest BCUT2D eigenvalue weighted by molar-refractivity contribution is 6.31. The molecule has 2 nitrogen and oxygen atoms in total. The molecule has 0 spiro atoms. The van der Waals surface area contributed by atoms with Crippen LogP contribution in [-0.4, -0.2) is 0 Å². The molecule has 11 aromatic rings. The molecule has 0 aliphatic heterocycles. The maximum atomic E-state index is 7.11. The van der Waals surface area contributed by atoms with Crippen LogP contribution in [0.25, 0.3) is 88.0 Å². The fraction of sp³-hybridized carbons (Fsp3) is 0.0508. The number of anilines is 3. The summed E-state index contributed by atoms with van der Waals surface area (Å²) in [7, 11) is 0. The van der Waals surface area contributed by atoms with Gasteiger partial charge in [0.05, 0.1) is 0 Å². The van der Waals surface area contributed by atoms with Crippen molar-refractivity contribution in [1.82, 2.24) is 0 Å². The number of rotatable bonds is 6. The van der Waals surface area contributed by atoms with Crippen LogP contribution in [0.4, 0.5) is 17.1 Å². The van der Waals surface area contributed by atoms with E-state index in [4.69, 9.17) is 4.42 Å². The van der Waals surface area contributed by atoms with Crippen molar-refractivity contribution >= 4 is 60.5 Å². The molecule has 0 amide bonds. The molecule has 61 heavy (non-hydrogen) atoms. The normalized spacial score (nSPS) is 12.9. The molecule has 288 valence electrons. The first-order valence-corrected chi connectivity index (χ1v) is 21.2. The van der Waals surface area contributed by atoms with E-state index in [9.17, 15) is 0 Å². The van der Waals surface area contributed by atoms with Gasteiger partial charge in [0.1, 0.15) is 11.2 Å². The third-order valence-electron chi connectivity index (χ3n) is 13.1. The van der Waals surface area contributed by atoms with Crippen LogP contribution in [0.1, 0.15) is 25.0 Å². The van der Waals surface area contributed by atoms with Gasteiger partial charge in [0.15, 0.2) is 0 Å². The summed E-state index contributed by atoms with van der Waals surface area (Å²) in [5.41, 5.74) is 17.2. The lowest BCUT2D eigenvalue weighted by Gasteiger charge is -2.29. The Balaban J connectivity index is 1.09. The van der Waals surface area contributed by atoms with Gasteiger partial charge in [0.2, 0.25) is 0 Å². The van der Waals surface area contributed by atoms with Crippen molar-refractivity contribution in [3.63, 3.8) is 0 Å². The van der Waals surface area contributed by atoms with Crippen LogP contribution in [0.3, 0.4) is 0 Å². The largest absolute Gasteiger partial charge is 0.455 e. The van der Waals surface area contributed by atoms with Gasteiger partial charge in [-0.3, -0.25) is 0 Å². The minimum atomic E-state index is -0.150. The molecule has 0 fully saturated rings. The number of fused-ring (bicyclic) bond motifs is 11. The molecule has 10 aromatic carbocycles. The summed E-state index contributed by atoms with van der Waals surface area (Å²) in [6.45, 7) is 4.71. The highest BCUT2D eigenvalue weighted by atomic mass is 16.3. The van der Waals surface area contributed by atoms with Gasteiger partial charge in [-0.1, -0.05) is 190 Å². The van der Waals surface area contributed by atoms with Crippen LogP contribution in [0.15, 0.2) is 217 Å². The Hall–Kier alpha value is -7.68. The van der Waals surface area contributed by atoms with Crippen molar-refractivity contribution in [2.24, 2.45) is 0 Å². The second kappa shape index (κ2) is 13.7. The molecule has 1 aliphatic rings. The Labute approximate surface area is 355 Å². The zero-order valence-electron chi connectivity index (χ0n) is 34.1. The summed E-state index contributed by atoms with van der Waals surface area (Å²) in [5.74, 6) is 0. The Kier molecular flexibility index (Phi) is 7.92. The fourth-order valence-electron chi connectivity index (χ4n) is 10.0. The molecule has 0 radical (unpaired) electrons. The van der Waals surface area contributed by atoms with E-state index in [0.717, 1.165) is 55.5 Å². The number of furan rings is 1. The molecule has 0 unspecified atom stereocenters. The van der Waals surface area contributed by atoms with Crippen molar-refractivity contribution in [2.45, 2.75) is 19.3 Å². The van der Waals surface area contributed by atoms with Crippen molar-refractivity contribution in [1.29, 1.82) is 0 Å². The standard InChI is InChI=1S/C59H41NO/c1-59(2)54-24-14-13-21-48(54)49-34-33-44(37-55(49)59)60(43-31-29-41(30-32-43)40-27-25-39(26-28-40)38-15-5-3-6-16-38)45-35-52(42-17-7-4-8-18-42)57-53(36-45)56-50-22-11-9-19-46(50)47-20-10-12-23-51(47)58(56)61-57/h3-37H,1-2H3. The van der Waals surface area contributed by atoms with E-state index in [-0.39, 0.29) is 5.41 Å². The average Bonchev–Trinajstić information content (AvgIpc) is 3.82. The molecule has 1 heterocycles. The smallest absolute Gasteiger partial charge is 0.143 e. The average molecular weight is 780 g/mol. The summed E-state index contributed by atoms with van der Waals surface area (Å²) >= 11 is 0. The van der Waals surface area contributed by atoms with E-state index in [1.807, 2.05) is 0 Å². The van der Waals surface area contributed by atoms with E-state index in [2.05, 4.69) is 231 Å². The Morgan fingerprint density at radius 3 is 1.52 bits per heavy atom. The van der Waals surface area contributed by atoms with Crippen LogP contribution < -0.4 is 4.90 Å². The predicted molar refractivity (Wildman–Crippen MR) is 257 cm³/mol. The van der Waals surface area contributed by atoms with Gasteiger partial charge in [0, 0.05) is 44.2 Å². The monoisotopic (exact) mass is 779 g/mol. The fourth-order valence-corrected chi connectivity index (χ4v) is 10.0. The van der Waals surface area contributed by atoms with E-state index >= 15 is 0 Å². The minimum absolute atomic E-state index is 0.150. The van der Waals surface area contributed by atoms with Gasteiger partial charge in [-0.15, -0.1) is 0 Å². The van der Waals surface area contributed by atoms with Gasteiger partial charge in [0.25, 0.3) is 0 Å². The maximum absolute atomic E-state index is 7.11. The zero-order chi connectivity index (χ0) is 40.7. The summed E-state index contributed by atoms with van der Waals surface area (Å²) < 4.78 is 7.11. The van der Waals surface area contributed by atoms with Crippen LogP contribution in [0.5, 0.6) is 0 Å². The lowest BCUT2D eigenvalue weighted by atomic mass is 9.82. The number of hydrogen-bond acceptors (Lipinski definition) is 2. The first kappa shape index (κ1) is 35.3. The van der Waals surface area contributed by atoms with Crippen molar-refractivity contribution in [3.05, 3.63) is 223 Å². The second-order valence-electron chi connectivity index (χ2n) is 16.9. The topological polar surface area (TPSA) is 16.4 Å². The molecule has 2 heteroatoms. The van der Waals surface area contributed by atoms with E-state index in [1.165, 1.54) is 60.7 Å². The first-order chi connectivity index (χ1) is 30.0. The van der Waals surface area contributed by atoms with Gasteiger partial charge < -0.3 is 9.32 Å². The van der Waals surface area contributed by atoms with Crippen LogP contribution in [0, 0.1) is 0 Å². The molecule has 0 N–H and O–H groups in total. The SMILES string of the molecule is CC1(C)c2ccccc2-c2ccc(N(c3ccc(-c4ccc(-c5ccccc5)cc4)cc3)c3cc(-c4ccccc4)c4oc5c6ccccc6c6ccccc6c5c4c3)cc21. The molecular weight excluding hydrogens is 739 g/mol. The van der Waals surface area contributed by atoms with Gasteiger partial charge in [-0.05, 0) is 103 Å². The zero-order valence-corrected chi connectivity index (χ0v) is 34.1. The lowest BCUT2D eigenvalue weighted by molar-refractivity contribution is 0.660. The number of nitrogens with zero attached hydrogens (tertiary/aromatic N) is 1. The molecule has 0 saturated carbocycles. The highest BCUT2D eigenvalue weighted by Gasteiger charge is 2.36. The van der Waals surface area contributed by atoms with Crippen LogP contribution >= 0.6 is 0 Å². The quantitative estimate of drug-likeness (QED) is 0.156. The first-order valence-electron chi connectivity index (χ1n) is 21.2. The summed E-state index contributed by atoms with van der Waals surface area (Å²) in [4.78, 5) is 2.44. The van der Waals surface area contributed by atoms with Crippen LogP contribution in [0.2, 0.25) is 0 Å². The Morgan fingerprint density at radius 1 is 0.328 bits per heavy atom. The third-order valence-corrected chi connectivity index (χ3v) is 13.1. The Bertz CT molecular complexity index is 3470. The lowest BCUT2D eigenvalue weighted by Crippen LogP contribution is -2.16. The van der Waals surface area contributed by atoms with Crippen molar-refractivity contribution < 1.29 is 4.42 Å². The molecule has 1 aliphatic carbocycles.